The molecule has 0 saturated carbocycles. The molecule has 0 atom stereocenters. The molecule has 5 heteroatoms. The zero-order chi connectivity index (χ0) is 17.6. The fraction of sp³-hybridized carbons (Fsp3) is 0.400. The van der Waals surface area contributed by atoms with E-state index in [-0.39, 0.29) is 11.9 Å². The van der Waals surface area contributed by atoms with E-state index in [9.17, 15) is 4.79 Å². The summed E-state index contributed by atoms with van der Waals surface area (Å²) in [5, 5.41) is 0. The van der Waals surface area contributed by atoms with Crippen molar-refractivity contribution in [3.8, 4) is 0 Å². The van der Waals surface area contributed by atoms with E-state index in [4.69, 9.17) is 4.74 Å². The number of morpholine rings is 1. The van der Waals surface area contributed by atoms with Gasteiger partial charge < -0.3 is 14.5 Å². The number of nitrogens with zero attached hydrogens (tertiary/aromatic N) is 3. The smallest absolute Gasteiger partial charge is 0.273 e. The Balaban J connectivity index is 1.79. The molecule has 0 bridgehead atoms. The Kier molecular flexibility index (Phi) is 5.66. The van der Waals surface area contributed by atoms with Crippen molar-refractivity contribution in [2.75, 3.05) is 31.2 Å². The molecular formula is C20H25N3O2. The number of hydrogen-bond acceptors (Lipinski definition) is 4. The third-order valence-corrected chi connectivity index (χ3v) is 4.42. The highest BCUT2D eigenvalue weighted by atomic mass is 16.5. The van der Waals surface area contributed by atoms with E-state index in [0.717, 1.165) is 37.6 Å². The largest absolute Gasteiger partial charge is 0.378 e. The summed E-state index contributed by atoms with van der Waals surface area (Å²) in [5.41, 5.74) is 2.65. The minimum atomic E-state index is -0.0334. The molecule has 0 aliphatic carbocycles. The van der Waals surface area contributed by atoms with Crippen LogP contribution in [0.3, 0.4) is 0 Å². The van der Waals surface area contributed by atoms with Crippen LogP contribution >= 0.6 is 0 Å². The number of pyridine rings is 1. The van der Waals surface area contributed by atoms with Gasteiger partial charge in [-0.1, -0.05) is 30.3 Å². The van der Waals surface area contributed by atoms with Gasteiger partial charge in [-0.3, -0.25) is 9.78 Å². The van der Waals surface area contributed by atoms with Crippen molar-refractivity contribution in [2.24, 2.45) is 0 Å². The predicted octanol–water partition coefficient (Wildman–Crippen LogP) is 2.97. The summed E-state index contributed by atoms with van der Waals surface area (Å²) in [5.74, 6) is -0.0334. The van der Waals surface area contributed by atoms with Crippen LogP contribution in [0.15, 0.2) is 48.7 Å². The minimum Gasteiger partial charge on any atom is -0.378 e. The van der Waals surface area contributed by atoms with Gasteiger partial charge in [-0.15, -0.1) is 0 Å². The average molecular weight is 339 g/mol. The Bertz CT molecular complexity index is 697. The lowest BCUT2D eigenvalue weighted by molar-refractivity contribution is 0.0684. The second-order valence-electron chi connectivity index (χ2n) is 6.51. The number of hydrogen-bond donors (Lipinski definition) is 0. The second kappa shape index (κ2) is 8.12. The van der Waals surface area contributed by atoms with Crippen LogP contribution in [0.4, 0.5) is 5.69 Å². The van der Waals surface area contributed by atoms with Gasteiger partial charge in [0.05, 0.1) is 13.2 Å². The van der Waals surface area contributed by atoms with Crippen molar-refractivity contribution >= 4 is 11.6 Å². The molecule has 0 radical (unpaired) electrons. The molecule has 3 rings (SSSR count). The Morgan fingerprint density at radius 1 is 1.20 bits per heavy atom. The van der Waals surface area contributed by atoms with Crippen molar-refractivity contribution in [1.29, 1.82) is 0 Å². The summed E-state index contributed by atoms with van der Waals surface area (Å²) >= 11 is 0. The maximum atomic E-state index is 13.0. The summed E-state index contributed by atoms with van der Waals surface area (Å²) < 4.78 is 5.40. The Morgan fingerprint density at radius 2 is 1.92 bits per heavy atom. The predicted molar refractivity (Wildman–Crippen MR) is 98.7 cm³/mol. The highest BCUT2D eigenvalue weighted by Crippen LogP contribution is 2.19. The van der Waals surface area contributed by atoms with Crippen LogP contribution in [0.25, 0.3) is 0 Å². The first-order chi connectivity index (χ1) is 12.1. The molecule has 1 fully saturated rings. The SMILES string of the molecule is CC(C)N(Cc1ccccc1)C(=O)c1cc(N2CCOCC2)ccn1. The maximum Gasteiger partial charge on any atom is 0.273 e. The molecule has 2 aromatic rings. The van der Waals surface area contributed by atoms with E-state index in [1.54, 1.807) is 6.20 Å². The zero-order valence-corrected chi connectivity index (χ0v) is 14.9. The summed E-state index contributed by atoms with van der Waals surface area (Å²) in [4.78, 5) is 21.5. The van der Waals surface area contributed by atoms with Crippen LogP contribution in [-0.4, -0.2) is 48.1 Å². The summed E-state index contributed by atoms with van der Waals surface area (Å²) in [6.45, 7) is 7.78. The quantitative estimate of drug-likeness (QED) is 0.840. The third-order valence-electron chi connectivity index (χ3n) is 4.42. The van der Waals surface area contributed by atoms with Crippen LogP contribution < -0.4 is 4.90 Å². The number of aromatic nitrogens is 1. The first-order valence-corrected chi connectivity index (χ1v) is 8.79. The number of ether oxygens (including phenoxy) is 1. The highest BCUT2D eigenvalue weighted by Gasteiger charge is 2.21. The van der Waals surface area contributed by atoms with E-state index in [1.807, 2.05) is 61.2 Å². The van der Waals surface area contributed by atoms with Crippen molar-refractivity contribution in [3.63, 3.8) is 0 Å². The lowest BCUT2D eigenvalue weighted by Gasteiger charge is -2.30. The Labute approximate surface area is 149 Å². The lowest BCUT2D eigenvalue weighted by Crippen LogP contribution is -2.38. The van der Waals surface area contributed by atoms with Crippen LogP contribution in [0, 0.1) is 0 Å². The molecule has 1 aromatic carbocycles. The van der Waals surface area contributed by atoms with Gasteiger partial charge in [-0.25, -0.2) is 0 Å². The Hall–Kier alpha value is -2.40. The van der Waals surface area contributed by atoms with Gasteiger partial charge in [-0.05, 0) is 31.5 Å². The second-order valence-corrected chi connectivity index (χ2v) is 6.51. The normalized spacial score (nSPS) is 14.6. The monoisotopic (exact) mass is 339 g/mol. The van der Waals surface area contributed by atoms with Crippen molar-refractivity contribution in [2.45, 2.75) is 26.4 Å². The van der Waals surface area contributed by atoms with Gasteiger partial charge in [0, 0.05) is 37.6 Å². The standard InChI is InChI=1S/C20H25N3O2/c1-16(2)23(15-17-6-4-3-5-7-17)20(24)19-14-18(8-9-21-19)22-10-12-25-13-11-22/h3-9,14,16H,10-13,15H2,1-2H3. The molecule has 0 spiro atoms. The van der Waals surface area contributed by atoms with E-state index >= 15 is 0 Å². The number of carbonyl (C=O) groups excluding carboxylic acids is 1. The molecule has 1 amide bonds. The van der Waals surface area contributed by atoms with Crippen LogP contribution in [0.2, 0.25) is 0 Å². The first-order valence-electron chi connectivity index (χ1n) is 8.79. The number of anilines is 1. The zero-order valence-electron chi connectivity index (χ0n) is 14.9. The van der Waals surface area contributed by atoms with E-state index in [0.29, 0.717) is 12.2 Å². The minimum absolute atomic E-state index is 0.0334. The molecule has 1 aliphatic rings. The van der Waals surface area contributed by atoms with Crippen LogP contribution in [0.5, 0.6) is 0 Å². The molecule has 1 aliphatic heterocycles. The van der Waals surface area contributed by atoms with E-state index in [2.05, 4.69) is 9.88 Å². The van der Waals surface area contributed by atoms with Gasteiger partial charge >= 0.3 is 0 Å². The summed E-state index contributed by atoms with van der Waals surface area (Å²) in [6.07, 6.45) is 1.72. The Morgan fingerprint density at radius 3 is 2.60 bits per heavy atom. The molecule has 25 heavy (non-hydrogen) atoms. The molecule has 2 heterocycles. The summed E-state index contributed by atoms with van der Waals surface area (Å²) in [6, 6.07) is 14.0. The first kappa shape index (κ1) is 17.4. The fourth-order valence-corrected chi connectivity index (χ4v) is 2.97. The average Bonchev–Trinajstić information content (AvgIpc) is 2.67. The lowest BCUT2D eigenvalue weighted by atomic mass is 10.1. The number of carbonyl (C=O) groups is 1. The molecule has 1 aromatic heterocycles. The topological polar surface area (TPSA) is 45.7 Å². The molecule has 132 valence electrons. The number of benzene rings is 1. The van der Waals surface area contributed by atoms with Crippen LogP contribution in [0.1, 0.15) is 29.9 Å². The molecule has 5 nitrogen and oxygen atoms in total. The van der Waals surface area contributed by atoms with Crippen molar-refractivity contribution < 1.29 is 9.53 Å². The van der Waals surface area contributed by atoms with Crippen molar-refractivity contribution in [3.05, 3.63) is 59.9 Å². The number of rotatable bonds is 5. The fourth-order valence-electron chi connectivity index (χ4n) is 2.97. The van der Waals surface area contributed by atoms with Crippen molar-refractivity contribution in [1.82, 2.24) is 9.88 Å². The van der Waals surface area contributed by atoms with Gasteiger partial charge in [-0.2, -0.15) is 0 Å². The molecular weight excluding hydrogens is 314 g/mol. The highest BCUT2D eigenvalue weighted by molar-refractivity contribution is 5.93. The van der Waals surface area contributed by atoms with Gasteiger partial charge in [0.25, 0.3) is 5.91 Å². The van der Waals surface area contributed by atoms with Crippen LogP contribution in [-0.2, 0) is 11.3 Å². The third kappa shape index (κ3) is 4.37. The molecule has 0 unspecified atom stereocenters. The molecule has 1 saturated heterocycles. The van der Waals surface area contributed by atoms with Gasteiger partial charge in [0.15, 0.2) is 0 Å². The van der Waals surface area contributed by atoms with E-state index in [1.165, 1.54) is 0 Å². The van der Waals surface area contributed by atoms with Gasteiger partial charge in [0.2, 0.25) is 0 Å². The molecule has 0 N–H and O–H groups in total. The number of amides is 1. The summed E-state index contributed by atoms with van der Waals surface area (Å²) in [7, 11) is 0. The maximum absolute atomic E-state index is 13.0. The van der Waals surface area contributed by atoms with Gasteiger partial charge in [0.1, 0.15) is 5.69 Å². The van der Waals surface area contributed by atoms with E-state index < -0.39 is 0 Å².